The first kappa shape index (κ1) is 18.2. The summed E-state index contributed by atoms with van der Waals surface area (Å²) in [6.07, 6.45) is 7.48. The molecule has 0 aromatic carbocycles. The first-order chi connectivity index (χ1) is 8.60. The Morgan fingerprint density at radius 1 is 1.32 bits per heavy atom. The lowest BCUT2D eigenvalue weighted by Gasteiger charge is -2.36. The Labute approximate surface area is 119 Å². The summed E-state index contributed by atoms with van der Waals surface area (Å²) in [4.78, 5) is 10.8. The molecule has 4 heteroatoms. The monoisotopic (exact) mass is 284 g/mol. The van der Waals surface area contributed by atoms with Gasteiger partial charge in [-0.1, -0.05) is 26.7 Å². The molecule has 0 N–H and O–H groups in total. The highest BCUT2D eigenvalue weighted by atomic mass is 28.4. The van der Waals surface area contributed by atoms with Gasteiger partial charge in [0.05, 0.1) is 0 Å². The number of ether oxygens (including phenoxy) is 1. The Balaban J connectivity index is 3.88. The molecular formula is C15H28O3Si. The van der Waals surface area contributed by atoms with Gasteiger partial charge >= 0.3 is 5.97 Å². The van der Waals surface area contributed by atoms with Crippen molar-refractivity contribution in [3.05, 3.63) is 0 Å². The molecule has 0 saturated carbocycles. The van der Waals surface area contributed by atoms with Crippen LogP contribution in [0.15, 0.2) is 0 Å². The molecule has 0 spiro atoms. The normalized spacial score (nSPS) is 13.7. The van der Waals surface area contributed by atoms with E-state index in [0.29, 0.717) is 6.42 Å². The molecule has 3 nitrogen and oxygen atoms in total. The summed E-state index contributed by atoms with van der Waals surface area (Å²) in [5.74, 6) is 2.17. The van der Waals surface area contributed by atoms with E-state index in [0.717, 1.165) is 19.4 Å². The minimum Gasteiger partial charge on any atom is -0.449 e. The minimum absolute atomic E-state index is 0.242. The van der Waals surface area contributed by atoms with E-state index in [1.54, 1.807) is 0 Å². The fraction of sp³-hybridized carbons (Fsp3) is 0.800. The molecule has 0 aromatic heterocycles. The fourth-order valence-electron chi connectivity index (χ4n) is 1.35. The summed E-state index contributed by atoms with van der Waals surface area (Å²) in [7, 11) is -1.64. The van der Waals surface area contributed by atoms with Gasteiger partial charge in [0.25, 0.3) is 0 Å². The van der Waals surface area contributed by atoms with Crippen LogP contribution in [0.3, 0.4) is 0 Å². The summed E-state index contributed by atoms with van der Waals surface area (Å²) >= 11 is 0. The number of carbonyl (C=O) groups excluding carboxylic acids is 1. The van der Waals surface area contributed by atoms with Crippen molar-refractivity contribution in [1.82, 2.24) is 0 Å². The Hall–Kier alpha value is -0.793. The van der Waals surface area contributed by atoms with E-state index in [1.807, 2.05) is 0 Å². The maximum atomic E-state index is 10.8. The van der Waals surface area contributed by atoms with Crippen molar-refractivity contribution in [2.75, 3.05) is 6.61 Å². The van der Waals surface area contributed by atoms with Crippen LogP contribution in [0, 0.1) is 12.3 Å². The van der Waals surface area contributed by atoms with Crippen LogP contribution in [0.1, 0.15) is 47.0 Å². The largest absolute Gasteiger partial charge is 0.449 e. The Bertz CT molecular complexity index is 323. The summed E-state index contributed by atoms with van der Waals surface area (Å²) in [5, 5.41) is 0.242. The van der Waals surface area contributed by atoms with Gasteiger partial charge in [-0.05, 0) is 37.4 Å². The van der Waals surface area contributed by atoms with Crippen LogP contribution in [-0.2, 0) is 14.0 Å². The van der Waals surface area contributed by atoms with E-state index in [2.05, 4.69) is 39.8 Å². The third kappa shape index (κ3) is 7.39. The molecule has 0 amide bonds. The molecule has 0 heterocycles. The smallest absolute Gasteiger partial charge is 0.303 e. The number of carbonyl (C=O) groups is 1. The number of rotatable bonds is 7. The van der Waals surface area contributed by atoms with Crippen LogP contribution in [0.25, 0.3) is 0 Å². The number of terminal acetylenes is 1. The predicted molar refractivity (Wildman–Crippen MR) is 81.4 cm³/mol. The highest BCUT2D eigenvalue weighted by Crippen LogP contribution is 2.36. The molecule has 0 aliphatic rings. The second kappa shape index (κ2) is 7.71. The SMILES string of the molecule is C#C[C@H](CCCCO[Si](C)(C)C(C)(C)C)OC(C)=O. The van der Waals surface area contributed by atoms with Crippen LogP contribution < -0.4 is 0 Å². The second-order valence-corrected chi connectivity index (χ2v) is 11.2. The van der Waals surface area contributed by atoms with Crippen molar-refractivity contribution >= 4 is 14.3 Å². The van der Waals surface area contributed by atoms with Crippen LogP contribution in [0.5, 0.6) is 0 Å². The van der Waals surface area contributed by atoms with Crippen molar-refractivity contribution in [3.8, 4) is 12.3 Å². The summed E-state index contributed by atoms with van der Waals surface area (Å²) < 4.78 is 11.1. The molecule has 1 atom stereocenters. The van der Waals surface area contributed by atoms with Crippen LogP contribution in [0.4, 0.5) is 0 Å². The lowest BCUT2D eigenvalue weighted by atomic mass is 10.1. The zero-order chi connectivity index (χ0) is 15.1. The average molecular weight is 284 g/mol. The van der Waals surface area contributed by atoms with Crippen molar-refractivity contribution in [2.45, 2.75) is 71.2 Å². The Kier molecular flexibility index (Phi) is 7.39. The zero-order valence-corrected chi connectivity index (χ0v) is 14.2. The van der Waals surface area contributed by atoms with Gasteiger partial charge in [-0.25, -0.2) is 0 Å². The van der Waals surface area contributed by atoms with Gasteiger partial charge in [-0.3, -0.25) is 4.79 Å². The topological polar surface area (TPSA) is 35.5 Å². The molecule has 0 unspecified atom stereocenters. The molecule has 0 aliphatic heterocycles. The van der Waals surface area contributed by atoms with Crippen molar-refractivity contribution in [2.24, 2.45) is 0 Å². The van der Waals surface area contributed by atoms with E-state index < -0.39 is 14.4 Å². The molecule has 19 heavy (non-hydrogen) atoms. The molecule has 0 fully saturated rings. The molecule has 0 radical (unpaired) electrons. The molecule has 0 aromatic rings. The highest BCUT2D eigenvalue weighted by molar-refractivity contribution is 6.74. The number of hydrogen-bond donors (Lipinski definition) is 0. The average Bonchev–Trinajstić information content (AvgIpc) is 2.24. The van der Waals surface area contributed by atoms with Crippen LogP contribution in [0.2, 0.25) is 18.1 Å². The first-order valence-electron chi connectivity index (χ1n) is 6.87. The van der Waals surface area contributed by atoms with Crippen molar-refractivity contribution in [1.29, 1.82) is 0 Å². The predicted octanol–water partition coefficient (Wildman–Crippen LogP) is 3.74. The summed E-state index contributed by atoms with van der Waals surface area (Å²) in [6, 6.07) is 0. The van der Waals surface area contributed by atoms with E-state index >= 15 is 0 Å². The quantitative estimate of drug-likeness (QED) is 0.309. The molecule has 0 rings (SSSR count). The van der Waals surface area contributed by atoms with Gasteiger partial charge in [0, 0.05) is 13.5 Å². The molecule has 0 aliphatic carbocycles. The van der Waals surface area contributed by atoms with Gasteiger partial charge in [0.15, 0.2) is 14.4 Å². The van der Waals surface area contributed by atoms with E-state index in [4.69, 9.17) is 15.6 Å². The van der Waals surface area contributed by atoms with Gasteiger partial charge in [-0.2, -0.15) is 0 Å². The molecule has 0 saturated heterocycles. The van der Waals surface area contributed by atoms with Crippen LogP contribution >= 0.6 is 0 Å². The molecule has 0 bridgehead atoms. The van der Waals surface area contributed by atoms with E-state index in [1.165, 1.54) is 6.92 Å². The summed E-state index contributed by atoms with van der Waals surface area (Å²) in [6.45, 7) is 13.3. The maximum absolute atomic E-state index is 10.8. The fourth-order valence-corrected chi connectivity index (χ4v) is 2.44. The van der Waals surface area contributed by atoms with Gasteiger partial charge in [0.2, 0.25) is 0 Å². The van der Waals surface area contributed by atoms with Crippen LogP contribution in [-0.4, -0.2) is 27.0 Å². The van der Waals surface area contributed by atoms with Gasteiger partial charge < -0.3 is 9.16 Å². The van der Waals surface area contributed by atoms with Crippen molar-refractivity contribution < 1.29 is 14.0 Å². The highest BCUT2D eigenvalue weighted by Gasteiger charge is 2.36. The van der Waals surface area contributed by atoms with Gasteiger partial charge in [0.1, 0.15) is 0 Å². The second-order valence-electron chi connectivity index (χ2n) is 6.37. The minimum atomic E-state index is -1.64. The Morgan fingerprint density at radius 2 is 1.89 bits per heavy atom. The molecular weight excluding hydrogens is 256 g/mol. The number of hydrogen-bond acceptors (Lipinski definition) is 3. The maximum Gasteiger partial charge on any atom is 0.303 e. The zero-order valence-electron chi connectivity index (χ0n) is 13.2. The third-order valence-corrected chi connectivity index (χ3v) is 8.16. The lowest BCUT2D eigenvalue weighted by molar-refractivity contribution is -0.144. The number of unbranched alkanes of at least 4 members (excludes halogenated alkanes) is 1. The first-order valence-corrected chi connectivity index (χ1v) is 9.78. The standard InChI is InChI=1S/C15H28O3Si/c1-8-14(18-13(2)16)11-9-10-12-17-19(6,7)15(3,4)5/h1,14H,9-12H2,2-7H3/t14-/m1/s1. The van der Waals surface area contributed by atoms with E-state index in [-0.39, 0.29) is 11.0 Å². The summed E-state index contributed by atoms with van der Waals surface area (Å²) in [5.41, 5.74) is 0. The van der Waals surface area contributed by atoms with E-state index in [9.17, 15) is 4.79 Å². The number of esters is 1. The van der Waals surface area contributed by atoms with Crippen molar-refractivity contribution in [3.63, 3.8) is 0 Å². The third-order valence-electron chi connectivity index (χ3n) is 3.62. The Morgan fingerprint density at radius 3 is 2.32 bits per heavy atom. The van der Waals surface area contributed by atoms with Gasteiger partial charge in [-0.15, -0.1) is 6.42 Å². The molecule has 110 valence electrons. The lowest BCUT2D eigenvalue weighted by Crippen LogP contribution is -2.40.